The Labute approximate surface area is 247 Å². The first-order valence-electron chi connectivity index (χ1n) is 13.6. The molecular weight excluding hydrogens is 552 g/mol. The lowest BCUT2D eigenvalue weighted by molar-refractivity contribution is -0.116. The van der Waals surface area contributed by atoms with Crippen LogP contribution in [0.25, 0.3) is 10.9 Å². The fourth-order valence-corrected chi connectivity index (χ4v) is 4.90. The number of nitrogens with one attached hydrogen (secondary N) is 2. The standard InChI is InChI=1S/C33H29ClN4O4/c1-2-22-13-17-26(18-14-22)36-30(39)21-37-29-10-6-4-8-27(29)32(41)38(33(37)42)20-23-11-15-24(16-12-23)31(40)35-19-25-7-3-5-9-28(25)34/h3-18H,2,19-21H2,1H3,(H,35,40)(H,36,39). The van der Waals surface area contributed by atoms with Gasteiger partial charge in [-0.1, -0.05) is 73.1 Å². The Balaban J connectivity index is 1.36. The number of carbonyl (C=O) groups is 2. The van der Waals surface area contributed by atoms with Gasteiger partial charge in [0.05, 0.1) is 17.4 Å². The van der Waals surface area contributed by atoms with Crippen LogP contribution in [0.1, 0.15) is 34.0 Å². The third kappa shape index (κ3) is 6.34. The Kier molecular flexibility index (Phi) is 8.64. The number of aromatic nitrogens is 2. The quantitative estimate of drug-likeness (QED) is 0.256. The van der Waals surface area contributed by atoms with Gasteiger partial charge in [0.2, 0.25) is 5.91 Å². The van der Waals surface area contributed by atoms with Gasteiger partial charge in [-0.2, -0.15) is 0 Å². The molecular formula is C33H29ClN4O4. The maximum atomic E-state index is 13.6. The third-order valence-electron chi connectivity index (χ3n) is 7.03. The molecule has 5 rings (SSSR count). The smallest absolute Gasteiger partial charge is 0.332 e. The molecule has 0 unspecified atom stereocenters. The molecule has 0 aliphatic rings. The van der Waals surface area contributed by atoms with E-state index in [4.69, 9.17) is 11.6 Å². The summed E-state index contributed by atoms with van der Waals surface area (Å²) in [6.07, 6.45) is 0.886. The van der Waals surface area contributed by atoms with E-state index in [9.17, 15) is 19.2 Å². The van der Waals surface area contributed by atoms with Crippen molar-refractivity contribution in [2.45, 2.75) is 33.0 Å². The topological polar surface area (TPSA) is 102 Å². The van der Waals surface area contributed by atoms with E-state index in [1.54, 1.807) is 54.6 Å². The average Bonchev–Trinajstić information content (AvgIpc) is 3.01. The summed E-state index contributed by atoms with van der Waals surface area (Å²) < 4.78 is 2.42. The van der Waals surface area contributed by atoms with Crippen LogP contribution in [0, 0.1) is 0 Å². The van der Waals surface area contributed by atoms with E-state index >= 15 is 0 Å². The highest BCUT2D eigenvalue weighted by atomic mass is 35.5. The van der Waals surface area contributed by atoms with Crippen molar-refractivity contribution in [2.75, 3.05) is 5.32 Å². The fourth-order valence-electron chi connectivity index (χ4n) is 4.69. The van der Waals surface area contributed by atoms with E-state index in [0.717, 1.165) is 22.1 Å². The molecule has 8 nitrogen and oxygen atoms in total. The Morgan fingerprint density at radius 1 is 0.786 bits per heavy atom. The van der Waals surface area contributed by atoms with Gasteiger partial charge in [0.25, 0.3) is 11.5 Å². The summed E-state index contributed by atoms with van der Waals surface area (Å²) in [5, 5.41) is 6.57. The zero-order valence-electron chi connectivity index (χ0n) is 23.0. The second kappa shape index (κ2) is 12.7. The molecule has 0 fully saturated rings. The minimum Gasteiger partial charge on any atom is -0.348 e. The Hall–Kier alpha value is -4.95. The van der Waals surface area contributed by atoms with Gasteiger partial charge < -0.3 is 10.6 Å². The van der Waals surface area contributed by atoms with E-state index in [0.29, 0.717) is 32.7 Å². The molecule has 212 valence electrons. The minimum absolute atomic E-state index is 0.0237. The van der Waals surface area contributed by atoms with Gasteiger partial charge >= 0.3 is 5.69 Å². The van der Waals surface area contributed by atoms with Crippen LogP contribution in [0.5, 0.6) is 0 Å². The second-order valence-electron chi connectivity index (χ2n) is 9.85. The Bertz CT molecular complexity index is 1880. The van der Waals surface area contributed by atoms with Crippen LogP contribution >= 0.6 is 11.6 Å². The van der Waals surface area contributed by atoms with Crippen LogP contribution in [0.4, 0.5) is 5.69 Å². The van der Waals surface area contributed by atoms with E-state index in [1.807, 2.05) is 42.5 Å². The molecule has 4 aromatic carbocycles. The predicted octanol–water partition coefficient (Wildman–Crippen LogP) is 5.00. The van der Waals surface area contributed by atoms with Gasteiger partial charge in [0, 0.05) is 22.8 Å². The summed E-state index contributed by atoms with van der Waals surface area (Å²) in [6, 6.07) is 28.2. The third-order valence-corrected chi connectivity index (χ3v) is 7.40. The fraction of sp³-hybridized carbons (Fsp3) is 0.152. The van der Waals surface area contributed by atoms with E-state index in [-0.39, 0.29) is 31.4 Å². The number of para-hydroxylation sites is 1. The van der Waals surface area contributed by atoms with Crippen molar-refractivity contribution < 1.29 is 9.59 Å². The number of rotatable bonds is 9. The summed E-state index contributed by atoms with van der Waals surface area (Å²) in [7, 11) is 0. The number of carbonyl (C=O) groups excluding carboxylic acids is 2. The highest BCUT2D eigenvalue weighted by Gasteiger charge is 2.16. The number of hydrogen-bond acceptors (Lipinski definition) is 4. The van der Waals surface area contributed by atoms with E-state index in [2.05, 4.69) is 17.6 Å². The number of fused-ring (bicyclic) bond motifs is 1. The normalized spacial score (nSPS) is 10.9. The highest BCUT2D eigenvalue weighted by Crippen LogP contribution is 2.15. The summed E-state index contributed by atoms with van der Waals surface area (Å²) in [6.45, 7) is 2.04. The molecule has 2 amide bonds. The van der Waals surface area contributed by atoms with Gasteiger partial charge in [0.1, 0.15) is 6.54 Å². The van der Waals surface area contributed by atoms with E-state index in [1.165, 1.54) is 4.57 Å². The number of benzene rings is 4. The van der Waals surface area contributed by atoms with Crippen LogP contribution in [0.3, 0.4) is 0 Å². The molecule has 0 saturated heterocycles. The molecule has 5 aromatic rings. The number of aryl methyl sites for hydroxylation is 1. The first kappa shape index (κ1) is 28.6. The van der Waals surface area contributed by atoms with Crippen LogP contribution in [-0.4, -0.2) is 20.9 Å². The molecule has 0 saturated carbocycles. The molecule has 0 aliphatic carbocycles. The Morgan fingerprint density at radius 3 is 2.17 bits per heavy atom. The number of halogens is 1. The van der Waals surface area contributed by atoms with Crippen LogP contribution in [0.2, 0.25) is 5.02 Å². The van der Waals surface area contributed by atoms with Crippen molar-refractivity contribution in [2.24, 2.45) is 0 Å². The molecule has 9 heteroatoms. The lowest BCUT2D eigenvalue weighted by atomic mass is 10.1. The van der Waals surface area contributed by atoms with Crippen molar-refractivity contribution in [3.8, 4) is 0 Å². The number of nitrogens with zero attached hydrogens (tertiary/aromatic N) is 2. The van der Waals surface area contributed by atoms with Gasteiger partial charge in [-0.05, 0) is 65.6 Å². The van der Waals surface area contributed by atoms with Gasteiger partial charge in [0.15, 0.2) is 0 Å². The highest BCUT2D eigenvalue weighted by molar-refractivity contribution is 6.31. The van der Waals surface area contributed by atoms with Crippen molar-refractivity contribution >= 4 is 40.0 Å². The monoisotopic (exact) mass is 580 g/mol. The number of anilines is 1. The molecule has 0 aliphatic heterocycles. The summed E-state index contributed by atoms with van der Waals surface area (Å²) >= 11 is 6.17. The summed E-state index contributed by atoms with van der Waals surface area (Å²) in [5.41, 5.74) is 2.98. The van der Waals surface area contributed by atoms with Gasteiger partial charge in [-0.15, -0.1) is 0 Å². The SMILES string of the molecule is CCc1ccc(NC(=O)Cn2c(=O)n(Cc3ccc(C(=O)NCc4ccccc4Cl)cc3)c(=O)c3ccccc32)cc1. The molecule has 42 heavy (non-hydrogen) atoms. The average molecular weight is 581 g/mol. The lowest BCUT2D eigenvalue weighted by Gasteiger charge is -2.14. The molecule has 1 aromatic heterocycles. The number of amides is 2. The second-order valence-corrected chi connectivity index (χ2v) is 10.3. The van der Waals surface area contributed by atoms with Crippen LogP contribution in [-0.2, 0) is 30.8 Å². The number of hydrogen-bond donors (Lipinski definition) is 2. The van der Waals surface area contributed by atoms with Crippen molar-refractivity contribution in [1.29, 1.82) is 0 Å². The maximum Gasteiger partial charge on any atom is 0.332 e. The largest absolute Gasteiger partial charge is 0.348 e. The maximum absolute atomic E-state index is 13.6. The van der Waals surface area contributed by atoms with Crippen molar-refractivity contribution in [1.82, 2.24) is 14.5 Å². The molecule has 0 radical (unpaired) electrons. The zero-order valence-corrected chi connectivity index (χ0v) is 23.7. The Morgan fingerprint density at radius 2 is 1.45 bits per heavy atom. The lowest BCUT2D eigenvalue weighted by Crippen LogP contribution is -2.42. The summed E-state index contributed by atoms with van der Waals surface area (Å²) in [4.78, 5) is 52.5. The minimum atomic E-state index is -0.600. The van der Waals surface area contributed by atoms with Crippen molar-refractivity contribution in [3.63, 3.8) is 0 Å². The first-order chi connectivity index (χ1) is 20.3. The molecule has 0 bridgehead atoms. The summed E-state index contributed by atoms with van der Waals surface area (Å²) in [5.74, 6) is -0.661. The van der Waals surface area contributed by atoms with E-state index < -0.39 is 11.2 Å². The first-order valence-corrected chi connectivity index (χ1v) is 13.9. The van der Waals surface area contributed by atoms with Crippen molar-refractivity contribution in [3.05, 3.63) is 145 Å². The zero-order chi connectivity index (χ0) is 29.6. The van der Waals surface area contributed by atoms with Gasteiger partial charge in [-0.25, -0.2) is 4.79 Å². The van der Waals surface area contributed by atoms with Gasteiger partial charge in [-0.3, -0.25) is 23.5 Å². The van der Waals surface area contributed by atoms with Crippen LogP contribution in [0.15, 0.2) is 107 Å². The van der Waals surface area contributed by atoms with Crippen LogP contribution < -0.4 is 21.9 Å². The molecule has 0 spiro atoms. The molecule has 2 N–H and O–H groups in total. The predicted molar refractivity (Wildman–Crippen MR) is 165 cm³/mol. The molecule has 0 atom stereocenters. The molecule has 1 heterocycles.